The van der Waals surface area contributed by atoms with E-state index in [0.29, 0.717) is 6.07 Å². The van der Waals surface area contributed by atoms with E-state index in [2.05, 4.69) is 5.32 Å². The smallest absolute Gasteiger partial charge is 0.417 e. The molecule has 0 radical (unpaired) electrons. The Morgan fingerprint density at radius 3 is 2.22 bits per heavy atom. The number of hydrogen-bond acceptors (Lipinski definition) is 4. The van der Waals surface area contributed by atoms with Crippen LogP contribution in [0.1, 0.15) is 15.9 Å². The van der Waals surface area contributed by atoms with Gasteiger partial charge in [0.1, 0.15) is 16.5 Å². The number of nitrogens with one attached hydrogen (secondary N) is 1. The molecule has 11 heteroatoms. The fourth-order valence-electron chi connectivity index (χ4n) is 2.99. The first kappa shape index (κ1) is 23.2. The quantitative estimate of drug-likeness (QED) is 0.542. The highest BCUT2D eigenvalue weighted by molar-refractivity contribution is 7.89. The van der Waals surface area contributed by atoms with Crippen LogP contribution in [0.4, 0.5) is 23.2 Å². The predicted molar refractivity (Wildman–Crippen MR) is 109 cm³/mol. The van der Waals surface area contributed by atoms with Crippen molar-refractivity contribution in [1.82, 2.24) is 0 Å². The molecular weight excluding hydrogens is 452 g/mol. The van der Waals surface area contributed by atoms with Gasteiger partial charge in [-0.25, -0.2) is 17.9 Å². The highest BCUT2D eigenvalue weighted by Crippen LogP contribution is 2.37. The summed E-state index contributed by atoms with van der Waals surface area (Å²) < 4.78 is 81.1. The van der Waals surface area contributed by atoms with Crippen molar-refractivity contribution in [2.24, 2.45) is 5.14 Å². The maximum atomic E-state index is 13.3. The van der Waals surface area contributed by atoms with Crippen molar-refractivity contribution in [2.75, 3.05) is 12.4 Å². The molecule has 1 amide bonds. The lowest BCUT2D eigenvalue weighted by atomic mass is 9.98. The van der Waals surface area contributed by atoms with Gasteiger partial charge in [0.25, 0.3) is 5.91 Å². The Morgan fingerprint density at radius 2 is 1.66 bits per heavy atom. The molecule has 0 saturated heterocycles. The molecule has 0 unspecified atom stereocenters. The number of primary sulfonamides is 1. The standard InChI is InChI=1S/C21H16F4N2O4S/c1-31-18-11-15(7-9-19(18)32(26,29)30)27-20(28)13-4-2-12(3-5-13)16-8-6-14(22)10-17(16)21(23,24)25/h2-11H,1H3,(H,27,28)(H2,26,29,30). The number of methoxy groups -OCH3 is 1. The lowest BCUT2D eigenvalue weighted by molar-refractivity contribution is -0.137. The molecule has 168 valence electrons. The number of sulfonamides is 1. The van der Waals surface area contributed by atoms with Gasteiger partial charge in [-0.2, -0.15) is 13.2 Å². The van der Waals surface area contributed by atoms with E-state index in [9.17, 15) is 30.8 Å². The Morgan fingerprint density at radius 1 is 1.00 bits per heavy atom. The Balaban J connectivity index is 1.86. The van der Waals surface area contributed by atoms with Crippen molar-refractivity contribution in [3.05, 3.63) is 77.6 Å². The lowest BCUT2D eigenvalue weighted by Crippen LogP contribution is -2.15. The lowest BCUT2D eigenvalue weighted by Gasteiger charge is -2.14. The van der Waals surface area contributed by atoms with Crippen molar-refractivity contribution in [3.8, 4) is 16.9 Å². The molecular formula is C21H16F4N2O4S. The van der Waals surface area contributed by atoms with Gasteiger partial charge in [-0.05, 0) is 47.5 Å². The molecule has 3 rings (SSSR count). The fraction of sp³-hybridized carbons (Fsp3) is 0.0952. The third kappa shape index (κ3) is 5.06. The molecule has 0 aliphatic rings. The summed E-state index contributed by atoms with van der Waals surface area (Å²) in [7, 11) is -2.80. The summed E-state index contributed by atoms with van der Waals surface area (Å²) in [6.45, 7) is 0. The van der Waals surface area contributed by atoms with Crippen molar-refractivity contribution in [2.45, 2.75) is 11.1 Å². The van der Waals surface area contributed by atoms with Crippen molar-refractivity contribution < 1.29 is 35.5 Å². The predicted octanol–water partition coefficient (Wildman–Crippen LogP) is 4.42. The van der Waals surface area contributed by atoms with Gasteiger partial charge in [0.05, 0.1) is 12.7 Å². The Kier molecular flexibility index (Phi) is 6.24. The Hall–Kier alpha value is -3.44. The molecule has 0 aliphatic heterocycles. The summed E-state index contributed by atoms with van der Waals surface area (Å²) in [5.41, 5.74) is -0.876. The van der Waals surface area contributed by atoms with Gasteiger partial charge in [-0.15, -0.1) is 0 Å². The van der Waals surface area contributed by atoms with Crippen molar-refractivity contribution in [3.63, 3.8) is 0 Å². The zero-order valence-electron chi connectivity index (χ0n) is 16.4. The van der Waals surface area contributed by atoms with Crippen LogP contribution in [0.5, 0.6) is 5.75 Å². The molecule has 3 N–H and O–H groups in total. The first-order chi connectivity index (χ1) is 14.9. The summed E-state index contributed by atoms with van der Waals surface area (Å²) in [5.74, 6) is -1.69. The van der Waals surface area contributed by atoms with Gasteiger partial charge in [0.2, 0.25) is 10.0 Å². The Labute approximate surface area is 180 Å². The molecule has 0 saturated carbocycles. The monoisotopic (exact) mass is 468 g/mol. The number of amides is 1. The minimum Gasteiger partial charge on any atom is -0.495 e. The van der Waals surface area contributed by atoms with E-state index in [-0.39, 0.29) is 33.0 Å². The van der Waals surface area contributed by atoms with Gasteiger partial charge in [-0.3, -0.25) is 4.79 Å². The second-order valence-corrected chi connectivity index (χ2v) is 8.16. The van der Waals surface area contributed by atoms with Crippen LogP contribution in [0.25, 0.3) is 11.1 Å². The fourth-order valence-corrected chi connectivity index (χ4v) is 3.67. The van der Waals surface area contributed by atoms with E-state index in [0.717, 1.165) is 12.1 Å². The molecule has 32 heavy (non-hydrogen) atoms. The van der Waals surface area contributed by atoms with E-state index in [4.69, 9.17) is 9.88 Å². The van der Waals surface area contributed by atoms with Crippen LogP contribution in [0, 0.1) is 5.82 Å². The number of alkyl halides is 3. The van der Waals surface area contributed by atoms with Crippen molar-refractivity contribution >= 4 is 21.6 Å². The van der Waals surface area contributed by atoms with Crippen LogP contribution < -0.4 is 15.2 Å². The summed E-state index contributed by atoms with van der Waals surface area (Å²) in [4.78, 5) is 12.2. The third-order valence-corrected chi connectivity index (χ3v) is 5.42. The number of nitrogens with two attached hydrogens (primary N) is 1. The minimum atomic E-state index is -4.75. The molecule has 0 heterocycles. The number of rotatable bonds is 5. The van der Waals surface area contributed by atoms with Gasteiger partial charge in [0, 0.05) is 17.3 Å². The van der Waals surface area contributed by atoms with Gasteiger partial charge >= 0.3 is 6.18 Å². The van der Waals surface area contributed by atoms with Gasteiger partial charge in [0.15, 0.2) is 0 Å². The molecule has 0 bridgehead atoms. The van der Waals surface area contributed by atoms with E-state index >= 15 is 0 Å². The second-order valence-electron chi connectivity index (χ2n) is 6.63. The maximum absolute atomic E-state index is 13.3. The van der Waals surface area contributed by atoms with Crippen LogP contribution in [0.2, 0.25) is 0 Å². The van der Waals surface area contributed by atoms with Crippen LogP contribution in [0.3, 0.4) is 0 Å². The number of halogens is 4. The SMILES string of the molecule is COc1cc(NC(=O)c2ccc(-c3ccc(F)cc3C(F)(F)F)cc2)ccc1S(N)(=O)=O. The summed E-state index contributed by atoms with van der Waals surface area (Å²) in [6, 6.07) is 11.3. The summed E-state index contributed by atoms with van der Waals surface area (Å²) >= 11 is 0. The highest BCUT2D eigenvalue weighted by atomic mass is 32.2. The minimum absolute atomic E-state index is 0.0726. The number of benzene rings is 3. The largest absolute Gasteiger partial charge is 0.495 e. The van der Waals surface area contributed by atoms with Gasteiger partial charge in [-0.1, -0.05) is 18.2 Å². The molecule has 0 spiro atoms. The molecule has 6 nitrogen and oxygen atoms in total. The van der Waals surface area contributed by atoms with Crippen LogP contribution >= 0.6 is 0 Å². The maximum Gasteiger partial charge on any atom is 0.417 e. The van der Waals surface area contributed by atoms with E-state index in [1.165, 1.54) is 49.6 Å². The van der Waals surface area contributed by atoms with Crippen LogP contribution in [-0.2, 0) is 16.2 Å². The van der Waals surface area contributed by atoms with E-state index < -0.39 is 33.5 Å². The normalized spacial score (nSPS) is 11.8. The number of hydrogen-bond donors (Lipinski definition) is 2. The van der Waals surface area contributed by atoms with Crippen LogP contribution in [-0.4, -0.2) is 21.4 Å². The zero-order valence-corrected chi connectivity index (χ0v) is 17.2. The molecule has 0 aromatic heterocycles. The number of anilines is 1. The number of ether oxygens (including phenoxy) is 1. The molecule has 0 fully saturated rings. The average Bonchev–Trinajstić information content (AvgIpc) is 2.72. The molecule has 3 aromatic carbocycles. The number of carbonyl (C=O) groups excluding carboxylic acids is 1. The van der Waals surface area contributed by atoms with Crippen molar-refractivity contribution in [1.29, 1.82) is 0 Å². The summed E-state index contributed by atoms with van der Waals surface area (Å²) in [6.07, 6.45) is -4.75. The first-order valence-electron chi connectivity index (χ1n) is 8.89. The van der Waals surface area contributed by atoms with Crippen LogP contribution in [0.15, 0.2) is 65.6 Å². The third-order valence-electron chi connectivity index (χ3n) is 4.47. The second kappa shape index (κ2) is 8.60. The van der Waals surface area contributed by atoms with E-state index in [1.807, 2.05) is 0 Å². The van der Waals surface area contributed by atoms with E-state index in [1.54, 1.807) is 0 Å². The molecule has 3 aromatic rings. The topological polar surface area (TPSA) is 98.5 Å². The van der Waals surface area contributed by atoms with Gasteiger partial charge < -0.3 is 10.1 Å². The molecule has 0 atom stereocenters. The highest BCUT2D eigenvalue weighted by Gasteiger charge is 2.34. The zero-order chi connectivity index (χ0) is 23.7. The average molecular weight is 468 g/mol. The number of carbonyl (C=O) groups is 1. The first-order valence-corrected chi connectivity index (χ1v) is 10.4. The summed E-state index contributed by atoms with van der Waals surface area (Å²) in [5, 5.41) is 7.63. The molecule has 0 aliphatic carbocycles. The Bertz CT molecular complexity index is 1270.